The third-order valence-corrected chi connectivity index (χ3v) is 3.54. The second-order valence-corrected chi connectivity index (χ2v) is 6.09. The number of ether oxygens (including phenoxy) is 1. The highest BCUT2D eigenvalue weighted by molar-refractivity contribution is 5.96. The van der Waals surface area contributed by atoms with E-state index < -0.39 is 5.60 Å². The quantitative estimate of drug-likeness (QED) is 0.514. The van der Waals surface area contributed by atoms with Crippen LogP contribution in [0.5, 0.6) is 5.75 Å². The van der Waals surface area contributed by atoms with Gasteiger partial charge in [0.1, 0.15) is 11.4 Å². The Morgan fingerprint density at radius 1 is 1.14 bits per heavy atom. The molecule has 3 nitrogen and oxygen atoms in total. The van der Waals surface area contributed by atoms with Gasteiger partial charge in [0.05, 0.1) is 0 Å². The van der Waals surface area contributed by atoms with Crippen molar-refractivity contribution >= 4 is 5.78 Å². The van der Waals surface area contributed by atoms with Crippen LogP contribution in [0.15, 0.2) is 24.3 Å². The number of ketones is 1. The van der Waals surface area contributed by atoms with Crippen LogP contribution in [0.4, 0.5) is 0 Å². The molecule has 0 bridgehead atoms. The van der Waals surface area contributed by atoms with Gasteiger partial charge >= 0.3 is 0 Å². The summed E-state index contributed by atoms with van der Waals surface area (Å²) in [5.41, 5.74) is 0.347. The normalized spacial score (nSPS) is 11.4. The van der Waals surface area contributed by atoms with Crippen LogP contribution in [-0.4, -0.2) is 23.1 Å². The maximum absolute atomic E-state index is 12.0. The van der Waals surface area contributed by atoms with Gasteiger partial charge in [0, 0.05) is 25.0 Å². The Morgan fingerprint density at radius 2 is 1.81 bits per heavy atom. The van der Waals surface area contributed by atoms with Crippen molar-refractivity contribution in [1.29, 1.82) is 0 Å². The lowest BCUT2D eigenvalue weighted by Gasteiger charge is -2.25. The van der Waals surface area contributed by atoms with Crippen LogP contribution in [0.3, 0.4) is 0 Å². The molecule has 0 fully saturated rings. The lowest BCUT2D eigenvalue weighted by molar-refractivity contribution is 0.0765. The van der Waals surface area contributed by atoms with Crippen molar-refractivity contribution in [3.05, 3.63) is 29.8 Å². The molecule has 0 atom stereocenters. The molecule has 0 spiro atoms. The zero-order valence-electron chi connectivity index (χ0n) is 13.5. The number of Topliss-reactive ketones (excluding diaryl/α,β-unsaturated/α-hetero) is 1. The number of rotatable bonds is 10. The first-order valence-electron chi connectivity index (χ1n) is 7.91. The van der Waals surface area contributed by atoms with E-state index in [4.69, 9.17) is 9.84 Å². The molecule has 0 amide bonds. The Bertz CT molecular complexity index is 421. The van der Waals surface area contributed by atoms with Gasteiger partial charge in [0.25, 0.3) is 0 Å². The summed E-state index contributed by atoms with van der Waals surface area (Å²) in [6.45, 7) is 6.15. The number of hydrogen-bond acceptors (Lipinski definition) is 3. The van der Waals surface area contributed by atoms with Gasteiger partial charge in [-0.2, -0.15) is 0 Å². The third kappa shape index (κ3) is 6.76. The number of unbranched alkanes of at least 4 members (excludes halogenated alkanes) is 3. The molecule has 0 saturated carbocycles. The van der Waals surface area contributed by atoms with Gasteiger partial charge in [-0.1, -0.05) is 26.2 Å². The van der Waals surface area contributed by atoms with Crippen molar-refractivity contribution < 1.29 is 14.6 Å². The van der Waals surface area contributed by atoms with E-state index in [-0.39, 0.29) is 12.4 Å². The molecule has 118 valence electrons. The first-order valence-corrected chi connectivity index (χ1v) is 7.91. The summed E-state index contributed by atoms with van der Waals surface area (Å²) in [6.07, 6.45) is 5.67. The number of hydrogen-bond donors (Lipinski definition) is 1. The monoisotopic (exact) mass is 292 g/mol. The van der Waals surface area contributed by atoms with Gasteiger partial charge in [-0.05, 0) is 44.5 Å². The molecule has 0 radical (unpaired) electrons. The zero-order chi connectivity index (χ0) is 15.7. The summed E-state index contributed by atoms with van der Waals surface area (Å²) < 4.78 is 5.82. The Morgan fingerprint density at radius 3 is 2.38 bits per heavy atom. The van der Waals surface area contributed by atoms with Gasteiger partial charge in [0.15, 0.2) is 5.78 Å². The molecule has 1 N–H and O–H groups in total. The van der Waals surface area contributed by atoms with E-state index in [0.717, 1.165) is 24.2 Å². The topological polar surface area (TPSA) is 46.5 Å². The average molecular weight is 292 g/mol. The smallest absolute Gasteiger partial charge is 0.162 e. The highest BCUT2D eigenvalue weighted by Crippen LogP contribution is 2.22. The van der Waals surface area contributed by atoms with Crippen molar-refractivity contribution in [1.82, 2.24) is 0 Å². The molecule has 0 aliphatic rings. The Labute approximate surface area is 128 Å². The maximum atomic E-state index is 12.0. The Balaban J connectivity index is 2.51. The summed E-state index contributed by atoms with van der Waals surface area (Å²) in [5.74, 6) is 0.934. The van der Waals surface area contributed by atoms with Crippen LogP contribution in [0, 0.1) is 0 Å². The second kappa shape index (κ2) is 8.83. The predicted molar refractivity (Wildman–Crippen MR) is 85.9 cm³/mol. The lowest BCUT2D eigenvalue weighted by Crippen LogP contribution is -2.29. The van der Waals surface area contributed by atoms with Gasteiger partial charge in [-0.15, -0.1) is 0 Å². The van der Waals surface area contributed by atoms with Crippen LogP contribution >= 0.6 is 0 Å². The molecule has 1 aromatic rings. The minimum atomic E-state index is -0.402. The van der Waals surface area contributed by atoms with E-state index in [0.29, 0.717) is 12.8 Å². The zero-order valence-corrected chi connectivity index (χ0v) is 13.5. The van der Waals surface area contributed by atoms with Gasteiger partial charge in [0.2, 0.25) is 0 Å². The van der Waals surface area contributed by atoms with Gasteiger partial charge in [-0.25, -0.2) is 0 Å². The first kappa shape index (κ1) is 17.7. The molecule has 1 aromatic carbocycles. The summed E-state index contributed by atoms with van der Waals surface area (Å²) in [5, 5.41) is 8.99. The van der Waals surface area contributed by atoms with Crippen LogP contribution in [0.2, 0.25) is 0 Å². The molecule has 0 heterocycles. The van der Waals surface area contributed by atoms with Gasteiger partial charge < -0.3 is 9.84 Å². The van der Waals surface area contributed by atoms with Crippen LogP contribution in [0.1, 0.15) is 69.7 Å². The third-order valence-electron chi connectivity index (χ3n) is 3.54. The van der Waals surface area contributed by atoms with E-state index in [2.05, 4.69) is 6.92 Å². The fourth-order valence-corrected chi connectivity index (χ4v) is 2.20. The summed E-state index contributed by atoms with van der Waals surface area (Å²) >= 11 is 0. The molecular formula is C18H28O3. The van der Waals surface area contributed by atoms with Crippen LogP contribution in [0.25, 0.3) is 0 Å². The molecule has 1 rings (SSSR count). The standard InChI is InChI=1S/C18H28O3/c1-4-5-6-7-8-17(20)15-9-11-16(12-10-15)21-18(2,3)13-14-19/h9-12,19H,4-8,13-14H2,1-3H3. The minimum absolute atomic E-state index is 0.0985. The van der Waals surface area contributed by atoms with E-state index in [1.165, 1.54) is 12.8 Å². The van der Waals surface area contributed by atoms with E-state index >= 15 is 0 Å². The van der Waals surface area contributed by atoms with Crippen molar-refractivity contribution in [2.45, 2.75) is 64.9 Å². The minimum Gasteiger partial charge on any atom is -0.488 e. The molecule has 3 heteroatoms. The van der Waals surface area contributed by atoms with Crippen LogP contribution < -0.4 is 4.74 Å². The highest BCUT2D eigenvalue weighted by Gasteiger charge is 2.19. The summed E-state index contributed by atoms with van der Waals surface area (Å²) in [7, 11) is 0. The largest absolute Gasteiger partial charge is 0.488 e. The first-order chi connectivity index (χ1) is 9.98. The SMILES string of the molecule is CCCCCCC(=O)c1ccc(OC(C)(C)CCO)cc1. The second-order valence-electron chi connectivity index (χ2n) is 6.09. The van der Waals surface area contributed by atoms with Crippen molar-refractivity contribution in [3.8, 4) is 5.75 Å². The van der Waals surface area contributed by atoms with E-state index in [9.17, 15) is 4.79 Å². The van der Waals surface area contributed by atoms with Crippen molar-refractivity contribution in [3.63, 3.8) is 0 Å². The summed E-state index contributed by atoms with van der Waals surface area (Å²) in [4.78, 5) is 12.0. The van der Waals surface area contributed by atoms with E-state index in [1.54, 1.807) is 0 Å². The molecule has 0 unspecified atom stereocenters. The number of benzene rings is 1. The summed E-state index contributed by atoms with van der Waals surface area (Å²) in [6, 6.07) is 7.32. The number of carbonyl (C=O) groups is 1. The molecule has 0 aliphatic heterocycles. The Hall–Kier alpha value is -1.35. The fourth-order valence-electron chi connectivity index (χ4n) is 2.20. The number of aliphatic hydroxyl groups excluding tert-OH is 1. The van der Waals surface area contributed by atoms with Crippen molar-refractivity contribution in [2.24, 2.45) is 0 Å². The van der Waals surface area contributed by atoms with E-state index in [1.807, 2.05) is 38.1 Å². The van der Waals surface area contributed by atoms with Crippen molar-refractivity contribution in [2.75, 3.05) is 6.61 Å². The molecule has 0 aromatic heterocycles. The lowest BCUT2D eigenvalue weighted by atomic mass is 10.0. The molecule has 0 saturated heterocycles. The molecule has 0 aliphatic carbocycles. The Kier molecular flexibility index (Phi) is 7.44. The predicted octanol–water partition coefficient (Wildman–Crippen LogP) is 4.38. The number of aliphatic hydroxyl groups is 1. The van der Waals surface area contributed by atoms with Crippen LogP contribution in [-0.2, 0) is 0 Å². The van der Waals surface area contributed by atoms with Gasteiger partial charge in [-0.3, -0.25) is 4.79 Å². The average Bonchev–Trinajstić information content (AvgIpc) is 2.43. The highest BCUT2D eigenvalue weighted by atomic mass is 16.5. The molecule has 21 heavy (non-hydrogen) atoms. The molecular weight excluding hydrogens is 264 g/mol. The maximum Gasteiger partial charge on any atom is 0.162 e. The fraction of sp³-hybridized carbons (Fsp3) is 0.611. The number of carbonyl (C=O) groups excluding carboxylic acids is 1.